The van der Waals surface area contributed by atoms with Crippen LogP contribution in [0.2, 0.25) is 5.02 Å². The summed E-state index contributed by atoms with van der Waals surface area (Å²) in [5, 5.41) is 3.79. The Labute approximate surface area is 112 Å². The van der Waals surface area contributed by atoms with Gasteiger partial charge >= 0.3 is 0 Å². The second kappa shape index (κ2) is 6.07. The van der Waals surface area contributed by atoms with E-state index in [0.717, 1.165) is 31.7 Å². The number of nitrogen functional groups attached to an aromatic ring is 1. The fourth-order valence-corrected chi connectivity index (χ4v) is 2.19. The normalized spacial score (nSPS) is 15.7. The zero-order valence-electron chi connectivity index (χ0n) is 10.3. The molecule has 2 rings (SSSR count). The van der Waals surface area contributed by atoms with Crippen LogP contribution < -0.4 is 11.1 Å². The number of halogens is 1. The van der Waals surface area contributed by atoms with Gasteiger partial charge in [-0.2, -0.15) is 0 Å². The van der Waals surface area contributed by atoms with Gasteiger partial charge in [0.25, 0.3) is 0 Å². The molecule has 0 aromatic heterocycles. The molecule has 1 heterocycles. The molecule has 0 saturated carbocycles. The third-order valence-electron chi connectivity index (χ3n) is 3.16. The van der Waals surface area contributed by atoms with Crippen LogP contribution in [0, 0.1) is 0 Å². The number of nitrogens with zero attached hydrogens (tertiary/aromatic N) is 1. The maximum atomic E-state index is 12.0. The Morgan fingerprint density at radius 3 is 2.78 bits per heavy atom. The molecule has 1 aliphatic heterocycles. The summed E-state index contributed by atoms with van der Waals surface area (Å²) in [4.78, 5) is 13.9. The quantitative estimate of drug-likeness (QED) is 0.812. The number of anilines is 1. The van der Waals surface area contributed by atoms with Gasteiger partial charge < -0.3 is 16.0 Å². The van der Waals surface area contributed by atoms with Crippen LogP contribution in [-0.2, 0) is 11.2 Å². The SMILES string of the molecule is Nc1cc(CCC(=O)N2CCNCC2)ccc1Cl. The van der Waals surface area contributed by atoms with Gasteiger partial charge in [-0.15, -0.1) is 0 Å². The number of rotatable bonds is 3. The summed E-state index contributed by atoms with van der Waals surface area (Å²) in [5.74, 6) is 0.213. The van der Waals surface area contributed by atoms with Crippen molar-refractivity contribution in [3.05, 3.63) is 28.8 Å². The largest absolute Gasteiger partial charge is 0.398 e. The number of carbonyl (C=O) groups is 1. The van der Waals surface area contributed by atoms with Gasteiger partial charge in [0.1, 0.15) is 0 Å². The molecule has 0 atom stereocenters. The van der Waals surface area contributed by atoms with Crippen molar-refractivity contribution < 1.29 is 4.79 Å². The maximum absolute atomic E-state index is 12.0. The van der Waals surface area contributed by atoms with E-state index < -0.39 is 0 Å². The fourth-order valence-electron chi connectivity index (χ4n) is 2.07. The van der Waals surface area contributed by atoms with Crippen LogP contribution in [0.15, 0.2) is 18.2 Å². The summed E-state index contributed by atoms with van der Waals surface area (Å²) in [7, 11) is 0. The first-order valence-corrected chi connectivity index (χ1v) is 6.57. The summed E-state index contributed by atoms with van der Waals surface area (Å²) >= 11 is 5.86. The van der Waals surface area contributed by atoms with Crippen LogP contribution in [0.1, 0.15) is 12.0 Å². The average Bonchev–Trinajstić information content (AvgIpc) is 2.41. The first kappa shape index (κ1) is 13.2. The molecule has 5 heteroatoms. The van der Waals surface area contributed by atoms with Crippen molar-refractivity contribution in [1.82, 2.24) is 10.2 Å². The van der Waals surface area contributed by atoms with E-state index in [9.17, 15) is 4.79 Å². The van der Waals surface area contributed by atoms with Crippen molar-refractivity contribution in [3.63, 3.8) is 0 Å². The highest BCUT2D eigenvalue weighted by molar-refractivity contribution is 6.33. The molecule has 1 fully saturated rings. The van der Waals surface area contributed by atoms with E-state index in [0.29, 0.717) is 23.6 Å². The predicted molar refractivity (Wildman–Crippen MR) is 73.6 cm³/mol. The average molecular weight is 268 g/mol. The van der Waals surface area contributed by atoms with Crippen LogP contribution in [0.5, 0.6) is 0 Å². The standard InChI is InChI=1S/C13H18ClN3O/c14-11-3-1-10(9-12(11)15)2-4-13(18)17-7-5-16-6-8-17/h1,3,9,16H,2,4-8,15H2. The van der Waals surface area contributed by atoms with Crippen LogP contribution in [0.25, 0.3) is 0 Å². The Hall–Kier alpha value is -1.26. The second-order valence-corrected chi connectivity index (χ2v) is 4.89. The maximum Gasteiger partial charge on any atom is 0.222 e. The lowest BCUT2D eigenvalue weighted by Crippen LogP contribution is -2.46. The topological polar surface area (TPSA) is 58.4 Å². The van der Waals surface area contributed by atoms with Crippen molar-refractivity contribution in [2.45, 2.75) is 12.8 Å². The van der Waals surface area contributed by atoms with Gasteiger partial charge in [-0.25, -0.2) is 0 Å². The molecule has 1 aromatic carbocycles. The summed E-state index contributed by atoms with van der Waals surface area (Å²) in [6.45, 7) is 3.39. The molecule has 1 amide bonds. The number of nitrogens with one attached hydrogen (secondary N) is 1. The highest BCUT2D eigenvalue weighted by atomic mass is 35.5. The third kappa shape index (κ3) is 3.37. The molecule has 18 heavy (non-hydrogen) atoms. The highest BCUT2D eigenvalue weighted by Gasteiger charge is 2.15. The number of nitrogens with two attached hydrogens (primary N) is 1. The van der Waals surface area contributed by atoms with E-state index in [1.807, 2.05) is 17.0 Å². The minimum absolute atomic E-state index is 0.213. The Balaban J connectivity index is 1.86. The van der Waals surface area contributed by atoms with Crippen LogP contribution in [-0.4, -0.2) is 37.0 Å². The number of piperazine rings is 1. The fraction of sp³-hybridized carbons (Fsp3) is 0.462. The molecule has 98 valence electrons. The number of amides is 1. The van der Waals surface area contributed by atoms with Gasteiger partial charge in [-0.3, -0.25) is 4.79 Å². The minimum atomic E-state index is 0.213. The molecule has 0 radical (unpaired) electrons. The second-order valence-electron chi connectivity index (χ2n) is 4.49. The van der Waals surface area contributed by atoms with Crippen molar-refractivity contribution >= 4 is 23.2 Å². The third-order valence-corrected chi connectivity index (χ3v) is 3.50. The zero-order chi connectivity index (χ0) is 13.0. The van der Waals surface area contributed by atoms with E-state index in [-0.39, 0.29) is 5.91 Å². The van der Waals surface area contributed by atoms with Crippen molar-refractivity contribution in [3.8, 4) is 0 Å². The van der Waals surface area contributed by atoms with E-state index in [1.54, 1.807) is 6.07 Å². The van der Waals surface area contributed by atoms with Crippen molar-refractivity contribution in [1.29, 1.82) is 0 Å². The highest BCUT2D eigenvalue weighted by Crippen LogP contribution is 2.20. The first-order valence-electron chi connectivity index (χ1n) is 6.19. The number of hydrogen-bond donors (Lipinski definition) is 2. The van der Waals surface area contributed by atoms with Crippen LogP contribution in [0.3, 0.4) is 0 Å². The van der Waals surface area contributed by atoms with E-state index >= 15 is 0 Å². The van der Waals surface area contributed by atoms with Crippen molar-refractivity contribution in [2.24, 2.45) is 0 Å². The summed E-state index contributed by atoms with van der Waals surface area (Å²) in [6, 6.07) is 5.54. The summed E-state index contributed by atoms with van der Waals surface area (Å²) in [5.41, 5.74) is 7.36. The van der Waals surface area contributed by atoms with Gasteiger partial charge in [-0.1, -0.05) is 17.7 Å². The van der Waals surface area contributed by atoms with Gasteiger partial charge in [0, 0.05) is 32.6 Å². The Bertz CT molecular complexity index is 430. The summed E-state index contributed by atoms with van der Waals surface area (Å²) < 4.78 is 0. The summed E-state index contributed by atoms with van der Waals surface area (Å²) in [6.07, 6.45) is 1.24. The molecule has 1 aromatic rings. The molecule has 4 nitrogen and oxygen atoms in total. The van der Waals surface area contributed by atoms with E-state index in [1.165, 1.54) is 0 Å². The Morgan fingerprint density at radius 1 is 1.39 bits per heavy atom. The monoisotopic (exact) mass is 267 g/mol. The van der Waals surface area contributed by atoms with Gasteiger partial charge in [0.2, 0.25) is 5.91 Å². The van der Waals surface area contributed by atoms with Crippen LogP contribution >= 0.6 is 11.6 Å². The molecule has 0 aliphatic carbocycles. The molecule has 0 spiro atoms. The molecule has 0 unspecified atom stereocenters. The lowest BCUT2D eigenvalue weighted by Gasteiger charge is -2.27. The van der Waals surface area contributed by atoms with Gasteiger partial charge in [-0.05, 0) is 24.1 Å². The molecule has 0 bridgehead atoms. The number of benzene rings is 1. The lowest BCUT2D eigenvalue weighted by molar-refractivity contribution is -0.131. The molecular formula is C13H18ClN3O. The van der Waals surface area contributed by atoms with Gasteiger partial charge in [0.15, 0.2) is 0 Å². The zero-order valence-corrected chi connectivity index (χ0v) is 11.0. The van der Waals surface area contributed by atoms with Gasteiger partial charge in [0.05, 0.1) is 10.7 Å². The molecule has 1 saturated heterocycles. The van der Waals surface area contributed by atoms with Crippen LogP contribution in [0.4, 0.5) is 5.69 Å². The lowest BCUT2D eigenvalue weighted by atomic mass is 10.1. The number of hydrogen-bond acceptors (Lipinski definition) is 3. The smallest absolute Gasteiger partial charge is 0.222 e. The number of aryl methyl sites for hydroxylation is 1. The first-order chi connectivity index (χ1) is 8.66. The number of carbonyl (C=O) groups excluding carboxylic acids is 1. The molecule has 1 aliphatic rings. The molecule has 3 N–H and O–H groups in total. The molecular weight excluding hydrogens is 250 g/mol. The Kier molecular flexibility index (Phi) is 4.44. The van der Waals surface area contributed by atoms with E-state index in [4.69, 9.17) is 17.3 Å². The van der Waals surface area contributed by atoms with Crippen molar-refractivity contribution in [2.75, 3.05) is 31.9 Å². The Morgan fingerprint density at radius 2 is 2.11 bits per heavy atom. The van der Waals surface area contributed by atoms with E-state index in [2.05, 4.69) is 5.32 Å². The predicted octanol–water partition coefficient (Wildman–Crippen LogP) is 1.29. The minimum Gasteiger partial charge on any atom is -0.398 e.